The molecule has 1 aromatic heterocycles. The minimum atomic E-state index is 1.10. The molecule has 11 aromatic rings. The summed E-state index contributed by atoms with van der Waals surface area (Å²) < 4.78 is 2.64. The maximum atomic E-state index is 2.40. The number of nitrogens with zero attached hydrogens (tertiary/aromatic N) is 1. The molecule has 0 bridgehead atoms. The van der Waals surface area contributed by atoms with Crippen LogP contribution in [0, 0.1) is 0 Å². The molecule has 0 spiro atoms. The number of benzene rings is 10. The van der Waals surface area contributed by atoms with Gasteiger partial charge < -0.3 is 4.90 Å². The average Bonchev–Trinajstić information content (AvgIpc) is 3.66. The Morgan fingerprint density at radius 3 is 1.66 bits per heavy atom. The Labute approximate surface area is 330 Å². The molecule has 0 atom stereocenters. The number of hydrogen-bond acceptors (Lipinski definition) is 2. The molecule has 0 aliphatic carbocycles. The average molecular weight is 730 g/mol. The molecule has 56 heavy (non-hydrogen) atoms. The van der Waals surface area contributed by atoms with Gasteiger partial charge in [0.1, 0.15) is 0 Å². The summed E-state index contributed by atoms with van der Waals surface area (Å²) in [4.78, 5) is 2.40. The van der Waals surface area contributed by atoms with Gasteiger partial charge in [0.2, 0.25) is 0 Å². The lowest BCUT2D eigenvalue weighted by Gasteiger charge is -2.28. The van der Waals surface area contributed by atoms with Crippen LogP contribution in [0.25, 0.3) is 85.9 Å². The summed E-state index contributed by atoms with van der Waals surface area (Å²) in [6.45, 7) is 0. The fraction of sp³-hybridized carbons (Fsp3) is 0. The zero-order valence-corrected chi connectivity index (χ0v) is 31.4. The van der Waals surface area contributed by atoms with Crippen LogP contribution in [0.4, 0.5) is 17.1 Å². The van der Waals surface area contributed by atoms with Gasteiger partial charge in [0, 0.05) is 37.1 Å². The summed E-state index contributed by atoms with van der Waals surface area (Å²) >= 11 is 1.86. The molecular weight excluding hydrogens is 695 g/mol. The van der Waals surface area contributed by atoms with Crippen LogP contribution in [0.3, 0.4) is 0 Å². The number of para-hydroxylation sites is 1. The van der Waals surface area contributed by atoms with Crippen molar-refractivity contribution in [2.45, 2.75) is 0 Å². The standard InChI is InChI=1S/C54H35NS/c1-2-11-37(12-3-1)45-14-6-8-18-50(45)55(44-33-29-39(30-34-44)47-17-10-20-52-54(47)48-16-7-9-19-51(48)56-52)43-31-27-36(28-32-43)42-26-23-40-22-25-41-24-21-38-13-4-5-15-46(38)53(41)49(40)35-42/h1-35H. The van der Waals surface area contributed by atoms with E-state index in [4.69, 9.17) is 0 Å². The Morgan fingerprint density at radius 1 is 0.304 bits per heavy atom. The Balaban J connectivity index is 1.03. The minimum absolute atomic E-state index is 1.10. The lowest BCUT2D eigenvalue weighted by atomic mass is 9.94. The van der Waals surface area contributed by atoms with E-state index in [2.05, 4.69) is 217 Å². The van der Waals surface area contributed by atoms with Crippen molar-refractivity contribution in [2.75, 3.05) is 4.90 Å². The molecule has 262 valence electrons. The fourth-order valence-corrected chi connectivity index (χ4v) is 9.70. The van der Waals surface area contributed by atoms with E-state index < -0.39 is 0 Å². The molecule has 0 aliphatic heterocycles. The molecule has 0 unspecified atom stereocenters. The largest absolute Gasteiger partial charge is 0.310 e. The van der Waals surface area contributed by atoms with Crippen molar-refractivity contribution >= 4 is 80.9 Å². The topological polar surface area (TPSA) is 3.24 Å². The third-order valence-corrected chi connectivity index (χ3v) is 12.4. The van der Waals surface area contributed by atoms with E-state index in [1.165, 1.54) is 85.9 Å². The van der Waals surface area contributed by atoms with Crippen LogP contribution in [-0.2, 0) is 0 Å². The van der Waals surface area contributed by atoms with Gasteiger partial charge in [-0.3, -0.25) is 0 Å². The Kier molecular flexibility index (Phi) is 7.75. The highest BCUT2D eigenvalue weighted by atomic mass is 32.1. The highest BCUT2D eigenvalue weighted by Gasteiger charge is 2.18. The van der Waals surface area contributed by atoms with Crippen molar-refractivity contribution < 1.29 is 0 Å². The van der Waals surface area contributed by atoms with Gasteiger partial charge in [0.25, 0.3) is 0 Å². The summed E-state index contributed by atoms with van der Waals surface area (Å²) in [5.74, 6) is 0. The summed E-state index contributed by atoms with van der Waals surface area (Å²) in [6, 6.07) is 77.7. The molecular formula is C54H35NS. The van der Waals surface area contributed by atoms with E-state index in [0.29, 0.717) is 0 Å². The SMILES string of the molecule is c1ccc(-c2ccccc2N(c2ccc(-c3ccc4ccc5ccc6ccccc6c5c4c3)cc2)c2ccc(-c3cccc4sc5ccccc5c34)cc2)cc1. The first kappa shape index (κ1) is 32.4. The van der Waals surface area contributed by atoms with Crippen molar-refractivity contribution in [1.82, 2.24) is 0 Å². The molecule has 0 amide bonds. The van der Waals surface area contributed by atoms with Crippen molar-refractivity contribution in [3.05, 3.63) is 212 Å². The second kappa shape index (κ2) is 13.4. The number of anilines is 3. The summed E-state index contributed by atoms with van der Waals surface area (Å²) in [5, 5.41) is 10.3. The van der Waals surface area contributed by atoms with Gasteiger partial charge in [0.15, 0.2) is 0 Å². The van der Waals surface area contributed by atoms with Crippen LogP contribution < -0.4 is 4.90 Å². The van der Waals surface area contributed by atoms with E-state index in [9.17, 15) is 0 Å². The normalized spacial score (nSPS) is 11.6. The van der Waals surface area contributed by atoms with Gasteiger partial charge in [-0.25, -0.2) is 0 Å². The molecule has 0 saturated heterocycles. The number of thiophene rings is 1. The van der Waals surface area contributed by atoms with Gasteiger partial charge in [-0.2, -0.15) is 0 Å². The van der Waals surface area contributed by atoms with Gasteiger partial charge in [-0.15, -0.1) is 11.3 Å². The van der Waals surface area contributed by atoms with E-state index in [1.807, 2.05) is 11.3 Å². The monoisotopic (exact) mass is 729 g/mol. The lowest BCUT2D eigenvalue weighted by molar-refractivity contribution is 1.28. The van der Waals surface area contributed by atoms with Crippen LogP contribution in [0.2, 0.25) is 0 Å². The summed E-state index contributed by atoms with van der Waals surface area (Å²) in [5.41, 5.74) is 10.6. The summed E-state index contributed by atoms with van der Waals surface area (Å²) in [6.07, 6.45) is 0. The van der Waals surface area contributed by atoms with Crippen molar-refractivity contribution in [3.63, 3.8) is 0 Å². The Bertz CT molecular complexity index is 3230. The first-order valence-electron chi connectivity index (χ1n) is 19.2. The molecule has 2 heteroatoms. The number of hydrogen-bond donors (Lipinski definition) is 0. The minimum Gasteiger partial charge on any atom is -0.310 e. The van der Waals surface area contributed by atoms with Crippen molar-refractivity contribution in [1.29, 1.82) is 0 Å². The third kappa shape index (κ3) is 5.46. The van der Waals surface area contributed by atoms with Crippen LogP contribution in [0.15, 0.2) is 212 Å². The van der Waals surface area contributed by atoms with Crippen LogP contribution in [0.1, 0.15) is 0 Å². The zero-order chi connectivity index (χ0) is 37.0. The fourth-order valence-electron chi connectivity index (χ4n) is 8.57. The lowest BCUT2D eigenvalue weighted by Crippen LogP contribution is -2.11. The molecule has 1 nitrogen and oxygen atoms in total. The molecule has 1 heterocycles. The van der Waals surface area contributed by atoms with Gasteiger partial charge in [-0.05, 0) is 109 Å². The maximum Gasteiger partial charge on any atom is 0.0540 e. The highest BCUT2D eigenvalue weighted by molar-refractivity contribution is 7.25. The second-order valence-electron chi connectivity index (χ2n) is 14.5. The molecule has 11 rings (SSSR count). The molecule has 0 aliphatic rings. The summed E-state index contributed by atoms with van der Waals surface area (Å²) in [7, 11) is 0. The van der Waals surface area contributed by atoms with E-state index >= 15 is 0 Å². The Morgan fingerprint density at radius 2 is 0.857 bits per heavy atom. The predicted octanol–water partition coefficient (Wildman–Crippen LogP) is 16.0. The number of rotatable bonds is 6. The van der Waals surface area contributed by atoms with Gasteiger partial charge >= 0.3 is 0 Å². The smallest absolute Gasteiger partial charge is 0.0540 e. The first-order valence-corrected chi connectivity index (χ1v) is 20.0. The molecule has 0 radical (unpaired) electrons. The van der Waals surface area contributed by atoms with E-state index in [1.54, 1.807) is 0 Å². The van der Waals surface area contributed by atoms with Gasteiger partial charge in [0.05, 0.1) is 5.69 Å². The molecule has 0 fully saturated rings. The van der Waals surface area contributed by atoms with Crippen molar-refractivity contribution in [2.24, 2.45) is 0 Å². The predicted molar refractivity (Wildman–Crippen MR) is 243 cm³/mol. The van der Waals surface area contributed by atoms with E-state index in [-0.39, 0.29) is 0 Å². The second-order valence-corrected chi connectivity index (χ2v) is 15.6. The highest BCUT2D eigenvalue weighted by Crippen LogP contribution is 2.44. The number of fused-ring (bicyclic) bond motifs is 8. The van der Waals surface area contributed by atoms with E-state index in [0.717, 1.165) is 17.1 Å². The maximum absolute atomic E-state index is 2.40. The first-order chi connectivity index (χ1) is 27.8. The zero-order valence-electron chi connectivity index (χ0n) is 30.6. The third-order valence-electron chi connectivity index (χ3n) is 11.3. The van der Waals surface area contributed by atoms with Crippen molar-refractivity contribution in [3.8, 4) is 33.4 Å². The van der Waals surface area contributed by atoms with Crippen LogP contribution in [0.5, 0.6) is 0 Å². The van der Waals surface area contributed by atoms with Crippen LogP contribution >= 0.6 is 11.3 Å². The van der Waals surface area contributed by atoms with Gasteiger partial charge in [-0.1, -0.05) is 164 Å². The molecule has 10 aromatic carbocycles. The Hall–Kier alpha value is -7.00. The quantitative estimate of drug-likeness (QED) is 0.154. The molecule has 0 N–H and O–H groups in total. The van der Waals surface area contributed by atoms with Crippen LogP contribution in [-0.4, -0.2) is 0 Å². The molecule has 0 saturated carbocycles.